The van der Waals surface area contributed by atoms with Crippen LogP contribution in [0, 0.1) is 0 Å². The van der Waals surface area contributed by atoms with Gasteiger partial charge in [0.1, 0.15) is 5.75 Å². The molecule has 1 aromatic rings. The van der Waals surface area contributed by atoms with Gasteiger partial charge >= 0.3 is 11.9 Å². The highest BCUT2D eigenvalue weighted by Crippen LogP contribution is 2.28. The van der Waals surface area contributed by atoms with Crippen LogP contribution >= 0.6 is 23.2 Å². The van der Waals surface area contributed by atoms with Gasteiger partial charge in [-0.1, -0.05) is 23.2 Å². The average molecular weight is 305 g/mol. The van der Waals surface area contributed by atoms with Crippen molar-refractivity contribution in [3.63, 3.8) is 0 Å². The van der Waals surface area contributed by atoms with E-state index in [1.807, 2.05) is 0 Å². The maximum atomic E-state index is 11.0. The molecule has 1 rings (SSSR count). The number of carbonyl (C=O) groups is 2. The SMILES string of the molecule is CC(=CC(Oc1ccc(Cl)cc1Cl)C(=O)O)C(=O)O. The van der Waals surface area contributed by atoms with Crippen molar-refractivity contribution in [1.29, 1.82) is 0 Å². The zero-order chi connectivity index (χ0) is 14.6. The lowest BCUT2D eigenvalue weighted by Crippen LogP contribution is -2.25. The van der Waals surface area contributed by atoms with E-state index >= 15 is 0 Å². The van der Waals surface area contributed by atoms with Crippen molar-refractivity contribution >= 4 is 35.1 Å². The minimum absolute atomic E-state index is 0.105. The van der Waals surface area contributed by atoms with E-state index in [2.05, 4.69) is 0 Å². The topological polar surface area (TPSA) is 83.8 Å². The Hall–Kier alpha value is -1.72. The van der Waals surface area contributed by atoms with Gasteiger partial charge in [0.2, 0.25) is 6.10 Å². The van der Waals surface area contributed by atoms with Crippen LogP contribution in [0.1, 0.15) is 6.92 Å². The van der Waals surface area contributed by atoms with E-state index in [0.29, 0.717) is 5.02 Å². The molecule has 0 aliphatic heterocycles. The Morgan fingerprint density at radius 3 is 2.42 bits per heavy atom. The zero-order valence-corrected chi connectivity index (χ0v) is 11.3. The van der Waals surface area contributed by atoms with Gasteiger partial charge in [0, 0.05) is 10.6 Å². The number of carboxylic acids is 2. The molecule has 0 saturated carbocycles. The molecular formula is C12H10Cl2O5. The molecule has 0 spiro atoms. The lowest BCUT2D eigenvalue weighted by Gasteiger charge is -2.13. The van der Waals surface area contributed by atoms with E-state index in [1.165, 1.54) is 25.1 Å². The number of rotatable bonds is 5. The summed E-state index contributed by atoms with van der Waals surface area (Å²) in [5.74, 6) is -2.45. The predicted octanol–water partition coefficient (Wildman–Crippen LogP) is 2.86. The Kier molecular flexibility index (Phi) is 5.20. The third kappa shape index (κ3) is 4.46. The molecule has 1 unspecified atom stereocenters. The predicted molar refractivity (Wildman–Crippen MR) is 69.9 cm³/mol. The number of aliphatic carboxylic acids is 2. The molecule has 1 atom stereocenters. The molecule has 0 heterocycles. The molecule has 0 aromatic heterocycles. The number of carboxylic acid groups (broad SMARTS) is 2. The molecule has 5 nitrogen and oxygen atoms in total. The molecule has 0 aliphatic carbocycles. The van der Waals surface area contributed by atoms with Crippen molar-refractivity contribution in [3.8, 4) is 5.75 Å². The van der Waals surface area contributed by atoms with E-state index in [-0.39, 0.29) is 16.3 Å². The van der Waals surface area contributed by atoms with Crippen LogP contribution in [-0.2, 0) is 9.59 Å². The van der Waals surface area contributed by atoms with Crippen LogP contribution in [-0.4, -0.2) is 28.3 Å². The summed E-state index contributed by atoms with van der Waals surface area (Å²) >= 11 is 11.5. The number of hydrogen-bond donors (Lipinski definition) is 2. The molecule has 0 amide bonds. The number of halogens is 2. The van der Waals surface area contributed by atoms with E-state index in [1.54, 1.807) is 0 Å². The smallest absolute Gasteiger partial charge is 0.349 e. The lowest BCUT2D eigenvalue weighted by molar-refractivity contribution is -0.142. The molecule has 0 saturated heterocycles. The second kappa shape index (κ2) is 6.45. The Balaban J connectivity index is 3.00. The maximum absolute atomic E-state index is 11.0. The molecule has 1 aromatic carbocycles. The van der Waals surface area contributed by atoms with Gasteiger partial charge in [-0.15, -0.1) is 0 Å². The summed E-state index contributed by atoms with van der Waals surface area (Å²) in [4.78, 5) is 21.7. The van der Waals surface area contributed by atoms with Gasteiger partial charge in [-0.05, 0) is 31.2 Å². The van der Waals surface area contributed by atoms with Gasteiger partial charge in [-0.25, -0.2) is 9.59 Å². The molecule has 0 aliphatic rings. The molecule has 0 radical (unpaired) electrons. The Morgan fingerprint density at radius 1 is 1.32 bits per heavy atom. The molecule has 0 bridgehead atoms. The summed E-state index contributed by atoms with van der Waals surface area (Å²) < 4.78 is 5.15. The average Bonchev–Trinajstić information content (AvgIpc) is 2.30. The van der Waals surface area contributed by atoms with Gasteiger partial charge < -0.3 is 14.9 Å². The summed E-state index contributed by atoms with van der Waals surface area (Å²) in [6.07, 6.45) is -0.468. The van der Waals surface area contributed by atoms with E-state index < -0.39 is 18.0 Å². The summed E-state index contributed by atoms with van der Waals surface area (Å²) in [5.41, 5.74) is -0.141. The van der Waals surface area contributed by atoms with Crippen molar-refractivity contribution in [2.75, 3.05) is 0 Å². The highest BCUT2D eigenvalue weighted by molar-refractivity contribution is 6.35. The summed E-state index contributed by atoms with van der Waals surface area (Å²) in [6, 6.07) is 4.28. The summed E-state index contributed by atoms with van der Waals surface area (Å²) in [5, 5.41) is 18.2. The normalized spacial score (nSPS) is 12.9. The van der Waals surface area contributed by atoms with Crippen molar-refractivity contribution in [2.24, 2.45) is 0 Å². The maximum Gasteiger partial charge on any atom is 0.349 e. The van der Waals surface area contributed by atoms with Crippen LogP contribution in [0.5, 0.6) is 5.75 Å². The van der Waals surface area contributed by atoms with Crippen LogP contribution in [0.2, 0.25) is 10.0 Å². The van der Waals surface area contributed by atoms with E-state index in [0.717, 1.165) is 6.08 Å². The molecule has 7 heteroatoms. The first kappa shape index (κ1) is 15.3. The van der Waals surface area contributed by atoms with Crippen LogP contribution in [0.3, 0.4) is 0 Å². The Bertz CT molecular complexity index is 539. The van der Waals surface area contributed by atoms with Gasteiger partial charge in [-0.3, -0.25) is 0 Å². The van der Waals surface area contributed by atoms with Crippen LogP contribution < -0.4 is 4.74 Å². The Morgan fingerprint density at radius 2 is 1.95 bits per heavy atom. The highest BCUT2D eigenvalue weighted by atomic mass is 35.5. The van der Waals surface area contributed by atoms with Gasteiger partial charge in [-0.2, -0.15) is 0 Å². The Labute approximate surface area is 119 Å². The van der Waals surface area contributed by atoms with Crippen LogP contribution in [0.4, 0.5) is 0 Å². The summed E-state index contributed by atoms with van der Waals surface area (Å²) in [7, 11) is 0. The fourth-order valence-electron chi connectivity index (χ4n) is 1.16. The third-order valence-corrected chi connectivity index (χ3v) is 2.66. The lowest BCUT2D eigenvalue weighted by atomic mass is 10.2. The van der Waals surface area contributed by atoms with E-state index in [9.17, 15) is 9.59 Å². The third-order valence-electron chi connectivity index (χ3n) is 2.13. The van der Waals surface area contributed by atoms with Crippen molar-refractivity contribution < 1.29 is 24.5 Å². The van der Waals surface area contributed by atoms with Crippen molar-refractivity contribution in [2.45, 2.75) is 13.0 Å². The van der Waals surface area contributed by atoms with Crippen LogP contribution in [0.25, 0.3) is 0 Å². The van der Waals surface area contributed by atoms with Gasteiger partial charge in [0.25, 0.3) is 0 Å². The molecular weight excluding hydrogens is 295 g/mol. The first-order chi connectivity index (χ1) is 8.81. The number of ether oxygens (including phenoxy) is 1. The fraction of sp³-hybridized carbons (Fsp3) is 0.167. The molecule has 0 fully saturated rings. The highest BCUT2D eigenvalue weighted by Gasteiger charge is 2.19. The molecule has 2 N–H and O–H groups in total. The molecule has 102 valence electrons. The van der Waals surface area contributed by atoms with Crippen molar-refractivity contribution in [3.05, 3.63) is 39.9 Å². The second-order valence-electron chi connectivity index (χ2n) is 3.61. The van der Waals surface area contributed by atoms with Crippen molar-refractivity contribution in [1.82, 2.24) is 0 Å². The first-order valence-corrected chi connectivity index (χ1v) is 5.83. The largest absolute Gasteiger partial charge is 0.478 e. The monoisotopic (exact) mass is 304 g/mol. The van der Waals surface area contributed by atoms with E-state index in [4.69, 9.17) is 38.2 Å². The minimum Gasteiger partial charge on any atom is -0.478 e. The number of benzene rings is 1. The standard InChI is InChI=1S/C12H10Cl2O5/c1-6(11(15)16)4-10(12(17)18)19-9-3-2-7(13)5-8(9)14/h2-5,10H,1H3,(H,15,16)(H,17,18). The fourth-order valence-corrected chi connectivity index (χ4v) is 1.61. The quantitative estimate of drug-likeness (QED) is 0.817. The molecule has 19 heavy (non-hydrogen) atoms. The number of hydrogen-bond acceptors (Lipinski definition) is 3. The zero-order valence-electron chi connectivity index (χ0n) is 9.76. The van der Waals surface area contributed by atoms with Gasteiger partial charge in [0.15, 0.2) is 0 Å². The van der Waals surface area contributed by atoms with Crippen LogP contribution in [0.15, 0.2) is 29.8 Å². The van der Waals surface area contributed by atoms with Gasteiger partial charge in [0.05, 0.1) is 5.02 Å². The minimum atomic E-state index is -1.45. The second-order valence-corrected chi connectivity index (χ2v) is 4.45. The first-order valence-electron chi connectivity index (χ1n) is 5.07. The summed E-state index contributed by atoms with van der Waals surface area (Å²) in [6.45, 7) is 1.27.